The molecular formula is C23H33N3O4S2. The first-order chi connectivity index (χ1) is 15.5. The molecule has 0 radical (unpaired) electrons. The highest BCUT2D eigenvalue weighted by atomic mass is 32.2. The number of benzene rings is 1. The van der Waals surface area contributed by atoms with Crippen LogP contribution in [-0.2, 0) is 26.0 Å². The van der Waals surface area contributed by atoms with Crippen molar-refractivity contribution in [2.75, 3.05) is 45.9 Å². The number of nitrogens with one attached hydrogen (secondary N) is 1. The highest BCUT2D eigenvalue weighted by Gasteiger charge is 2.26. The van der Waals surface area contributed by atoms with Crippen molar-refractivity contribution in [1.29, 1.82) is 0 Å². The maximum absolute atomic E-state index is 12.7. The zero-order valence-corrected chi connectivity index (χ0v) is 20.5. The first kappa shape index (κ1) is 24.9. The van der Waals surface area contributed by atoms with Crippen LogP contribution in [0.2, 0.25) is 0 Å². The smallest absolute Gasteiger partial charge is 0.243 e. The van der Waals surface area contributed by atoms with Gasteiger partial charge in [-0.15, -0.1) is 0 Å². The fourth-order valence-corrected chi connectivity index (χ4v) is 6.02. The fraction of sp³-hybridized carbons (Fsp3) is 0.522. The third-order valence-electron chi connectivity index (χ3n) is 5.85. The number of amides is 1. The molecule has 1 aromatic carbocycles. The number of thiophene rings is 1. The molecule has 7 nitrogen and oxygen atoms in total. The van der Waals surface area contributed by atoms with Gasteiger partial charge in [0.15, 0.2) is 0 Å². The Labute approximate surface area is 195 Å². The number of morpholine rings is 1. The normalized spacial score (nSPS) is 16.2. The van der Waals surface area contributed by atoms with E-state index < -0.39 is 10.0 Å². The van der Waals surface area contributed by atoms with E-state index in [2.05, 4.69) is 40.9 Å². The van der Waals surface area contributed by atoms with Crippen LogP contribution in [0.4, 0.5) is 0 Å². The number of carbonyl (C=O) groups is 1. The minimum atomic E-state index is -3.49. The van der Waals surface area contributed by atoms with Gasteiger partial charge >= 0.3 is 0 Å². The summed E-state index contributed by atoms with van der Waals surface area (Å²) >= 11 is 1.67. The van der Waals surface area contributed by atoms with Gasteiger partial charge in [-0.1, -0.05) is 26.0 Å². The van der Waals surface area contributed by atoms with Crippen LogP contribution in [0.25, 0.3) is 0 Å². The second-order valence-corrected chi connectivity index (χ2v) is 10.5. The van der Waals surface area contributed by atoms with Crippen LogP contribution < -0.4 is 5.32 Å². The zero-order chi connectivity index (χ0) is 23.0. The maximum Gasteiger partial charge on any atom is 0.243 e. The molecule has 176 valence electrons. The summed E-state index contributed by atoms with van der Waals surface area (Å²) in [7, 11) is -3.49. The summed E-state index contributed by atoms with van der Waals surface area (Å²) < 4.78 is 32.1. The zero-order valence-electron chi connectivity index (χ0n) is 18.8. The van der Waals surface area contributed by atoms with E-state index in [1.165, 1.54) is 9.87 Å². The van der Waals surface area contributed by atoms with Crippen LogP contribution >= 0.6 is 11.3 Å². The Morgan fingerprint density at radius 3 is 2.44 bits per heavy atom. The quantitative estimate of drug-likeness (QED) is 0.536. The van der Waals surface area contributed by atoms with Gasteiger partial charge in [0, 0.05) is 26.1 Å². The molecule has 0 aliphatic carbocycles. The van der Waals surface area contributed by atoms with Crippen LogP contribution in [-0.4, -0.2) is 69.5 Å². The average Bonchev–Trinajstić information content (AvgIpc) is 3.36. The topological polar surface area (TPSA) is 79.0 Å². The van der Waals surface area contributed by atoms with Crippen LogP contribution in [0.1, 0.15) is 37.4 Å². The van der Waals surface area contributed by atoms with Crippen LogP contribution in [0.3, 0.4) is 0 Å². The number of carbonyl (C=O) groups excluding carboxylic acids is 1. The monoisotopic (exact) mass is 479 g/mol. The molecule has 0 spiro atoms. The van der Waals surface area contributed by atoms with E-state index in [0.29, 0.717) is 45.7 Å². The molecule has 3 rings (SSSR count). The molecule has 1 saturated heterocycles. The average molecular weight is 480 g/mol. The Morgan fingerprint density at radius 1 is 1.16 bits per heavy atom. The van der Waals surface area contributed by atoms with Gasteiger partial charge in [-0.2, -0.15) is 15.6 Å². The van der Waals surface area contributed by atoms with Crippen molar-refractivity contribution in [3.05, 3.63) is 52.2 Å². The van der Waals surface area contributed by atoms with E-state index in [0.717, 1.165) is 18.7 Å². The number of ether oxygens (including phenoxy) is 1. The number of nitrogens with zero attached hydrogens (tertiary/aromatic N) is 2. The molecular weight excluding hydrogens is 446 g/mol. The molecule has 32 heavy (non-hydrogen) atoms. The van der Waals surface area contributed by atoms with Crippen molar-refractivity contribution in [1.82, 2.24) is 14.5 Å². The number of rotatable bonds is 11. The van der Waals surface area contributed by atoms with Gasteiger partial charge in [-0.05, 0) is 59.6 Å². The minimum Gasteiger partial charge on any atom is -0.379 e. The summed E-state index contributed by atoms with van der Waals surface area (Å²) in [5.41, 5.74) is 2.18. The van der Waals surface area contributed by atoms with E-state index in [9.17, 15) is 13.2 Å². The Kier molecular flexibility index (Phi) is 9.24. The Balaban J connectivity index is 1.52. The first-order valence-corrected chi connectivity index (χ1v) is 13.5. The predicted octanol–water partition coefficient (Wildman–Crippen LogP) is 2.90. The van der Waals surface area contributed by atoms with E-state index in [-0.39, 0.29) is 16.8 Å². The molecule has 1 atom stereocenters. The summed E-state index contributed by atoms with van der Waals surface area (Å²) in [5.74, 6) is 0.00222. The molecule has 1 aliphatic heterocycles. The minimum absolute atomic E-state index is 0.00222. The van der Waals surface area contributed by atoms with Crippen molar-refractivity contribution in [2.24, 2.45) is 0 Å². The molecule has 0 bridgehead atoms. The van der Waals surface area contributed by atoms with E-state index in [4.69, 9.17) is 4.74 Å². The molecule has 9 heteroatoms. The lowest BCUT2D eigenvalue weighted by molar-refractivity contribution is -0.121. The SMILES string of the molecule is CCN(CC)C(CNC(=O)CCc1ccc(S(=O)(=O)N2CCOCC2)cc1)c1ccsc1. The van der Waals surface area contributed by atoms with E-state index in [1.54, 1.807) is 35.6 Å². The Morgan fingerprint density at radius 2 is 1.84 bits per heavy atom. The Hall–Kier alpha value is -1.78. The van der Waals surface area contributed by atoms with Gasteiger partial charge in [-0.3, -0.25) is 9.69 Å². The highest BCUT2D eigenvalue weighted by Crippen LogP contribution is 2.22. The number of hydrogen-bond acceptors (Lipinski definition) is 6. The van der Waals surface area contributed by atoms with Crippen molar-refractivity contribution >= 4 is 27.3 Å². The van der Waals surface area contributed by atoms with Gasteiger partial charge in [-0.25, -0.2) is 8.42 Å². The molecule has 1 amide bonds. The fourth-order valence-electron chi connectivity index (χ4n) is 3.91. The van der Waals surface area contributed by atoms with Crippen molar-refractivity contribution in [3.8, 4) is 0 Å². The van der Waals surface area contributed by atoms with Gasteiger partial charge in [0.25, 0.3) is 0 Å². The third-order valence-corrected chi connectivity index (χ3v) is 8.46. The lowest BCUT2D eigenvalue weighted by Crippen LogP contribution is -2.40. The molecule has 1 unspecified atom stereocenters. The molecule has 2 heterocycles. The second kappa shape index (κ2) is 11.9. The molecule has 1 N–H and O–H groups in total. The van der Waals surface area contributed by atoms with Crippen LogP contribution in [0.15, 0.2) is 46.0 Å². The van der Waals surface area contributed by atoms with Gasteiger partial charge < -0.3 is 10.1 Å². The van der Waals surface area contributed by atoms with Crippen LogP contribution in [0.5, 0.6) is 0 Å². The second-order valence-electron chi connectivity index (χ2n) is 7.76. The number of likely N-dealkylation sites (N-methyl/N-ethyl adjacent to an activating group) is 1. The standard InChI is InChI=1S/C23H33N3O4S2/c1-3-25(4-2)22(20-11-16-31-18-20)17-24-23(27)10-7-19-5-8-21(9-6-19)32(28,29)26-12-14-30-15-13-26/h5-6,8-9,11,16,18,22H,3-4,7,10,12-15,17H2,1-2H3,(H,24,27). The largest absolute Gasteiger partial charge is 0.379 e. The third kappa shape index (κ3) is 6.39. The molecule has 0 saturated carbocycles. The summed E-state index contributed by atoms with van der Waals surface area (Å²) in [6.45, 7) is 8.30. The number of hydrogen-bond donors (Lipinski definition) is 1. The molecule has 1 aromatic heterocycles. The van der Waals surface area contributed by atoms with Crippen molar-refractivity contribution < 1.29 is 17.9 Å². The van der Waals surface area contributed by atoms with Gasteiger partial charge in [0.1, 0.15) is 0 Å². The van der Waals surface area contributed by atoms with Crippen molar-refractivity contribution in [2.45, 2.75) is 37.6 Å². The maximum atomic E-state index is 12.7. The van der Waals surface area contributed by atoms with E-state index >= 15 is 0 Å². The molecule has 1 aliphatic rings. The first-order valence-electron chi connectivity index (χ1n) is 11.1. The van der Waals surface area contributed by atoms with Gasteiger partial charge in [0.05, 0.1) is 24.2 Å². The highest BCUT2D eigenvalue weighted by molar-refractivity contribution is 7.89. The molecule has 1 fully saturated rings. The summed E-state index contributed by atoms with van der Waals surface area (Å²) in [6.07, 6.45) is 0.933. The molecule has 2 aromatic rings. The lowest BCUT2D eigenvalue weighted by atomic mass is 10.1. The van der Waals surface area contributed by atoms with Crippen LogP contribution in [0, 0.1) is 0 Å². The number of sulfonamides is 1. The van der Waals surface area contributed by atoms with Gasteiger partial charge in [0.2, 0.25) is 15.9 Å². The Bertz CT molecular complexity index is 936. The summed E-state index contributed by atoms with van der Waals surface area (Å²) in [4.78, 5) is 15.1. The lowest BCUT2D eigenvalue weighted by Gasteiger charge is -2.29. The van der Waals surface area contributed by atoms with E-state index in [1.807, 2.05) is 0 Å². The number of aryl methyl sites for hydroxylation is 1. The van der Waals surface area contributed by atoms with Crippen molar-refractivity contribution in [3.63, 3.8) is 0 Å². The predicted molar refractivity (Wildman–Crippen MR) is 127 cm³/mol. The summed E-state index contributed by atoms with van der Waals surface area (Å²) in [5, 5.41) is 7.29. The summed E-state index contributed by atoms with van der Waals surface area (Å²) in [6, 6.07) is 9.14.